The number of methoxy groups -OCH3 is 1. The Morgan fingerprint density at radius 2 is 1.92 bits per heavy atom. The number of aromatic nitrogens is 1. The average Bonchev–Trinajstić information content (AvgIpc) is 2.82. The minimum absolute atomic E-state index is 0.0199. The van der Waals surface area contributed by atoms with Gasteiger partial charge in [-0.3, -0.25) is 0 Å². The lowest BCUT2D eigenvalue weighted by atomic mass is 10.2. The molecule has 0 spiro atoms. The van der Waals surface area contributed by atoms with Crippen LogP contribution >= 0.6 is 11.6 Å². The lowest BCUT2D eigenvalue weighted by Gasteiger charge is -2.23. The summed E-state index contributed by atoms with van der Waals surface area (Å²) in [6, 6.07) is 6.68. The summed E-state index contributed by atoms with van der Waals surface area (Å²) in [4.78, 5) is 15.2. The van der Waals surface area contributed by atoms with Crippen molar-refractivity contribution in [3.8, 4) is 11.6 Å². The van der Waals surface area contributed by atoms with Gasteiger partial charge in [0.2, 0.25) is 12.2 Å². The highest BCUT2D eigenvalue weighted by molar-refractivity contribution is 7.87. The molecule has 206 valence electrons. The van der Waals surface area contributed by atoms with Crippen molar-refractivity contribution in [3.63, 3.8) is 0 Å². The molecule has 0 bridgehead atoms. The van der Waals surface area contributed by atoms with Crippen molar-refractivity contribution in [1.82, 2.24) is 14.0 Å². The molecule has 1 heterocycles. The Bertz CT molecular complexity index is 1140. The van der Waals surface area contributed by atoms with Gasteiger partial charge >= 0.3 is 22.5 Å². The number of rotatable bonds is 14. The largest absolute Gasteiger partial charge is 0.491 e. The molecular weight excluding hydrogens is 547 g/mol. The lowest BCUT2D eigenvalue weighted by molar-refractivity contribution is -0.137. The third kappa shape index (κ3) is 9.51. The number of carboxylic acid groups (broad SMARTS) is 1. The van der Waals surface area contributed by atoms with Crippen LogP contribution in [0.15, 0.2) is 36.5 Å². The average molecular weight is 572 g/mol. The summed E-state index contributed by atoms with van der Waals surface area (Å²) >= 11 is 5.82. The number of nitrogens with zero attached hydrogens (tertiary/aromatic N) is 2. The second-order valence-electron chi connectivity index (χ2n) is 7.14. The van der Waals surface area contributed by atoms with E-state index in [1.807, 2.05) is 4.72 Å². The lowest BCUT2D eigenvalue weighted by Crippen LogP contribution is -2.46. The Morgan fingerprint density at radius 3 is 2.46 bits per heavy atom. The Kier molecular flexibility index (Phi) is 11.2. The summed E-state index contributed by atoms with van der Waals surface area (Å²) in [5, 5.41) is 9.00. The second kappa shape index (κ2) is 13.6. The standard InChI is InChI=1S/C21H25ClF3N3O8S/c1-3-34-18(36-19-17(22)10-15(11-26-19)21(23,24)25)12-27-37(31,32)28(20(29)30)13-14-4-6-16(7-5-14)35-9-8-33-2/h4-7,10-11,18,27H,3,8-9,12-13H2,1-2H3,(H,29,30). The first-order valence-electron chi connectivity index (χ1n) is 10.6. The molecule has 1 amide bonds. The predicted octanol–water partition coefficient (Wildman–Crippen LogP) is 3.54. The number of pyridine rings is 1. The van der Waals surface area contributed by atoms with Crippen molar-refractivity contribution in [1.29, 1.82) is 0 Å². The predicted molar refractivity (Wildman–Crippen MR) is 125 cm³/mol. The van der Waals surface area contributed by atoms with Gasteiger partial charge in [0.15, 0.2) is 0 Å². The van der Waals surface area contributed by atoms with Gasteiger partial charge in [0.25, 0.3) is 0 Å². The highest BCUT2D eigenvalue weighted by Crippen LogP contribution is 2.33. The van der Waals surface area contributed by atoms with Crippen molar-refractivity contribution in [2.75, 3.05) is 33.5 Å². The quantitative estimate of drug-likeness (QED) is 0.258. The van der Waals surface area contributed by atoms with Gasteiger partial charge in [0.05, 0.1) is 25.3 Å². The van der Waals surface area contributed by atoms with E-state index in [0.717, 1.165) is 0 Å². The third-order valence-corrected chi connectivity index (χ3v) is 6.14. The number of ether oxygens (including phenoxy) is 4. The van der Waals surface area contributed by atoms with Gasteiger partial charge in [-0.2, -0.15) is 30.6 Å². The Hall–Kier alpha value is -2.85. The first-order chi connectivity index (χ1) is 17.4. The number of carbonyl (C=O) groups is 1. The van der Waals surface area contributed by atoms with Gasteiger partial charge in [0, 0.05) is 19.9 Å². The van der Waals surface area contributed by atoms with Crippen LogP contribution in [0.1, 0.15) is 18.1 Å². The van der Waals surface area contributed by atoms with Gasteiger partial charge in [-0.1, -0.05) is 23.7 Å². The first-order valence-corrected chi connectivity index (χ1v) is 12.4. The van der Waals surface area contributed by atoms with Crippen molar-refractivity contribution >= 4 is 27.9 Å². The van der Waals surface area contributed by atoms with Crippen molar-refractivity contribution in [2.45, 2.75) is 25.9 Å². The van der Waals surface area contributed by atoms with Crippen molar-refractivity contribution in [2.24, 2.45) is 0 Å². The highest BCUT2D eigenvalue weighted by atomic mass is 35.5. The zero-order chi connectivity index (χ0) is 27.6. The Labute approximate surface area is 216 Å². The maximum Gasteiger partial charge on any atom is 0.422 e. The molecule has 16 heteroatoms. The van der Waals surface area contributed by atoms with Gasteiger partial charge < -0.3 is 24.1 Å². The van der Waals surface area contributed by atoms with Crippen LogP contribution in [-0.4, -0.2) is 68.7 Å². The topological polar surface area (TPSA) is 137 Å². The van der Waals surface area contributed by atoms with Gasteiger partial charge in [-0.25, -0.2) is 9.78 Å². The van der Waals surface area contributed by atoms with E-state index >= 15 is 0 Å². The van der Waals surface area contributed by atoms with Crippen LogP contribution in [-0.2, 0) is 32.4 Å². The Morgan fingerprint density at radius 1 is 1.24 bits per heavy atom. The third-order valence-electron chi connectivity index (χ3n) is 4.47. The molecule has 2 rings (SSSR count). The Balaban J connectivity index is 2.08. The molecule has 0 aliphatic rings. The number of hydrogen-bond acceptors (Lipinski definition) is 8. The van der Waals surface area contributed by atoms with Gasteiger partial charge in [-0.15, -0.1) is 0 Å². The fourth-order valence-corrected chi connectivity index (χ4v) is 3.96. The van der Waals surface area contributed by atoms with Crippen molar-refractivity contribution < 1.29 is 50.4 Å². The summed E-state index contributed by atoms with van der Waals surface area (Å²) in [7, 11) is -3.10. The van der Waals surface area contributed by atoms with E-state index in [-0.39, 0.29) is 10.9 Å². The van der Waals surface area contributed by atoms with Crippen LogP contribution in [0.3, 0.4) is 0 Å². The molecule has 1 aromatic heterocycles. The number of halogens is 4. The van der Waals surface area contributed by atoms with Gasteiger partial charge in [0.1, 0.15) is 17.4 Å². The number of nitrogens with one attached hydrogen (secondary N) is 1. The summed E-state index contributed by atoms with van der Waals surface area (Å²) in [5.74, 6) is 0.0473. The molecule has 2 aromatic rings. The molecular formula is C21H25ClF3N3O8S. The van der Waals surface area contributed by atoms with E-state index in [1.54, 1.807) is 19.1 Å². The van der Waals surface area contributed by atoms with Crippen LogP contribution < -0.4 is 14.2 Å². The maximum atomic E-state index is 12.8. The molecule has 2 N–H and O–H groups in total. The van der Waals surface area contributed by atoms with Crippen LogP contribution in [0.25, 0.3) is 0 Å². The highest BCUT2D eigenvalue weighted by Gasteiger charge is 2.32. The maximum absolute atomic E-state index is 12.8. The normalized spacial score (nSPS) is 12.7. The number of hydrogen-bond donors (Lipinski definition) is 2. The smallest absolute Gasteiger partial charge is 0.422 e. The van der Waals surface area contributed by atoms with Crippen molar-refractivity contribution in [3.05, 3.63) is 52.7 Å². The zero-order valence-corrected chi connectivity index (χ0v) is 21.3. The molecule has 11 nitrogen and oxygen atoms in total. The minimum Gasteiger partial charge on any atom is -0.491 e. The molecule has 0 radical (unpaired) electrons. The van der Waals surface area contributed by atoms with Crippen LogP contribution in [0, 0.1) is 0 Å². The fraction of sp³-hybridized carbons (Fsp3) is 0.429. The SMILES string of the molecule is CCOC(CNS(=O)(=O)N(Cc1ccc(OCCOC)cc1)C(=O)O)Oc1ncc(C(F)(F)F)cc1Cl. The monoisotopic (exact) mass is 571 g/mol. The molecule has 0 aliphatic carbocycles. The molecule has 0 aliphatic heterocycles. The summed E-state index contributed by atoms with van der Waals surface area (Å²) in [6.45, 7) is 1.11. The minimum atomic E-state index is -4.68. The number of amides is 1. The molecule has 0 saturated heterocycles. The summed E-state index contributed by atoms with van der Waals surface area (Å²) < 4.78 is 86.9. The molecule has 37 heavy (non-hydrogen) atoms. The zero-order valence-electron chi connectivity index (χ0n) is 19.7. The van der Waals surface area contributed by atoms with E-state index in [4.69, 9.17) is 30.5 Å². The first kappa shape index (κ1) is 30.4. The number of benzene rings is 1. The van der Waals surface area contributed by atoms with Crippen LogP contribution in [0.4, 0.5) is 18.0 Å². The van der Waals surface area contributed by atoms with E-state index in [1.165, 1.54) is 19.2 Å². The van der Waals surface area contributed by atoms with E-state index < -0.39 is 58.3 Å². The van der Waals surface area contributed by atoms with E-state index in [2.05, 4.69) is 4.98 Å². The molecule has 1 atom stereocenters. The summed E-state index contributed by atoms with van der Waals surface area (Å²) in [5.41, 5.74) is -0.754. The fourth-order valence-electron chi connectivity index (χ4n) is 2.72. The molecule has 0 fully saturated rings. The second-order valence-corrected chi connectivity index (χ2v) is 9.23. The van der Waals surface area contributed by atoms with Gasteiger partial charge in [-0.05, 0) is 30.7 Å². The molecule has 1 unspecified atom stereocenters. The summed E-state index contributed by atoms with van der Waals surface area (Å²) in [6.07, 6.45) is -7.33. The van der Waals surface area contributed by atoms with Crippen LogP contribution in [0.5, 0.6) is 11.6 Å². The van der Waals surface area contributed by atoms with Crippen LogP contribution in [0.2, 0.25) is 5.02 Å². The molecule has 1 aromatic carbocycles. The molecule has 0 saturated carbocycles. The van der Waals surface area contributed by atoms with E-state index in [0.29, 0.717) is 36.8 Å². The van der Waals surface area contributed by atoms with E-state index in [9.17, 15) is 31.5 Å². The number of alkyl halides is 3.